The fraction of sp³-hybridized carbons (Fsp3) is 0.586. The summed E-state index contributed by atoms with van der Waals surface area (Å²) in [7, 11) is 1.52. The highest BCUT2D eigenvalue weighted by molar-refractivity contribution is 5.41. The maximum Gasteiger partial charge on any atom is 0.197 e. The lowest BCUT2D eigenvalue weighted by atomic mass is 10.0. The Hall–Kier alpha value is -2.51. The van der Waals surface area contributed by atoms with Crippen LogP contribution >= 0.6 is 0 Å². The fourth-order valence-electron chi connectivity index (χ4n) is 4.28. The van der Waals surface area contributed by atoms with Gasteiger partial charge < -0.3 is 29.6 Å². The van der Waals surface area contributed by atoms with Crippen molar-refractivity contribution in [1.82, 2.24) is 10.6 Å². The van der Waals surface area contributed by atoms with Crippen molar-refractivity contribution in [2.45, 2.75) is 39.5 Å². The van der Waals surface area contributed by atoms with Gasteiger partial charge in [-0.05, 0) is 69.0 Å². The number of para-hydroxylation sites is 3. The molecule has 2 N–H and O–H groups in total. The Morgan fingerprint density at radius 2 is 1.39 bits per heavy atom. The van der Waals surface area contributed by atoms with Crippen LogP contribution < -0.4 is 29.6 Å². The molecule has 7 heteroatoms. The predicted molar refractivity (Wildman–Crippen MR) is 142 cm³/mol. The third-order valence-electron chi connectivity index (χ3n) is 6.31. The molecule has 6 nitrogen and oxygen atoms in total. The van der Waals surface area contributed by atoms with Crippen LogP contribution in [0.3, 0.4) is 0 Å². The molecule has 2 saturated heterocycles. The van der Waals surface area contributed by atoms with Crippen LogP contribution in [0.4, 0.5) is 4.39 Å². The highest BCUT2D eigenvalue weighted by atomic mass is 19.1. The van der Waals surface area contributed by atoms with Gasteiger partial charge in [0.1, 0.15) is 0 Å². The molecule has 4 rings (SSSR count). The first-order chi connectivity index (χ1) is 17.6. The van der Waals surface area contributed by atoms with Gasteiger partial charge in [-0.3, -0.25) is 0 Å². The molecule has 2 aliphatic rings. The van der Waals surface area contributed by atoms with Crippen LogP contribution in [-0.2, 0) is 0 Å². The predicted octanol–water partition coefficient (Wildman–Crippen LogP) is 5.31. The summed E-state index contributed by atoms with van der Waals surface area (Å²) in [4.78, 5) is 0. The number of halogens is 1. The van der Waals surface area contributed by atoms with E-state index in [2.05, 4.69) is 24.5 Å². The maximum absolute atomic E-state index is 13.6. The topological polar surface area (TPSA) is 61.0 Å². The minimum Gasteiger partial charge on any atom is -0.493 e. The van der Waals surface area contributed by atoms with Crippen molar-refractivity contribution in [3.05, 3.63) is 48.3 Å². The van der Waals surface area contributed by atoms with Gasteiger partial charge in [-0.2, -0.15) is 0 Å². The van der Waals surface area contributed by atoms with E-state index in [9.17, 15) is 4.39 Å². The number of hydrogen-bond donors (Lipinski definition) is 2. The fourth-order valence-corrected chi connectivity index (χ4v) is 4.28. The first-order valence-electron chi connectivity index (χ1n) is 13.3. The van der Waals surface area contributed by atoms with Crippen LogP contribution in [0.15, 0.2) is 42.5 Å². The molecule has 0 radical (unpaired) electrons. The van der Waals surface area contributed by atoms with Gasteiger partial charge in [0.15, 0.2) is 28.8 Å². The number of hydrogen-bond acceptors (Lipinski definition) is 6. The smallest absolute Gasteiger partial charge is 0.197 e. The second-order valence-electron chi connectivity index (χ2n) is 9.97. The molecule has 0 aliphatic carbocycles. The third kappa shape index (κ3) is 9.51. The number of piperidine rings is 2. The zero-order valence-corrected chi connectivity index (χ0v) is 22.1. The van der Waals surface area contributed by atoms with Crippen molar-refractivity contribution in [3.63, 3.8) is 0 Å². The van der Waals surface area contributed by atoms with E-state index in [1.807, 2.05) is 24.3 Å². The molecule has 0 spiro atoms. The van der Waals surface area contributed by atoms with Gasteiger partial charge >= 0.3 is 0 Å². The number of ether oxygens (including phenoxy) is 4. The largest absolute Gasteiger partial charge is 0.493 e. The molecule has 2 atom stereocenters. The number of benzene rings is 2. The van der Waals surface area contributed by atoms with Crippen LogP contribution in [0.5, 0.6) is 23.0 Å². The van der Waals surface area contributed by atoms with Gasteiger partial charge in [-0.25, -0.2) is 4.39 Å². The molecule has 0 amide bonds. The van der Waals surface area contributed by atoms with Crippen LogP contribution in [0.25, 0.3) is 0 Å². The normalized spacial score (nSPS) is 19.7. The molecule has 0 saturated carbocycles. The van der Waals surface area contributed by atoms with Crippen molar-refractivity contribution in [2.75, 3.05) is 53.1 Å². The van der Waals surface area contributed by atoms with Gasteiger partial charge in [0.05, 0.1) is 26.9 Å². The van der Waals surface area contributed by atoms with Gasteiger partial charge in [0, 0.05) is 24.9 Å². The van der Waals surface area contributed by atoms with Crippen molar-refractivity contribution < 1.29 is 23.3 Å². The molecular weight excluding hydrogens is 459 g/mol. The van der Waals surface area contributed by atoms with E-state index >= 15 is 0 Å². The molecule has 200 valence electrons. The van der Waals surface area contributed by atoms with Gasteiger partial charge in [0.25, 0.3) is 0 Å². The standard InChI is InChI=1S/C16H25NO2.C13H18FNO2/c1-13(2)11-18-15-7-3-4-8-16(15)19-12-14-6-5-9-17-10-14;1-16-12-6-2-5-11(14)13(12)17-9-10-4-3-7-15-8-10/h3-4,7-8,13-14,17H,5-6,9-12H2,1-2H3;2,5-6,10,15H,3-4,7-9H2,1H3. The molecule has 2 aliphatic heterocycles. The van der Waals surface area contributed by atoms with E-state index in [1.54, 1.807) is 12.1 Å². The molecule has 2 heterocycles. The van der Waals surface area contributed by atoms with E-state index in [1.165, 1.54) is 26.0 Å². The summed E-state index contributed by atoms with van der Waals surface area (Å²) in [6.07, 6.45) is 4.79. The first kappa shape index (κ1) is 28.1. The molecule has 2 aromatic carbocycles. The summed E-state index contributed by atoms with van der Waals surface area (Å²) < 4.78 is 36.0. The monoisotopic (exact) mass is 502 g/mol. The van der Waals surface area contributed by atoms with Crippen LogP contribution in [-0.4, -0.2) is 53.1 Å². The van der Waals surface area contributed by atoms with Gasteiger partial charge in [0.2, 0.25) is 0 Å². The molecule has 0 aromatic heterocycles. The molecule has 36 heavy (non-hydrogen) atoms. The first-order valence-corrected chi connectivity index (χ1v) is 13.3. The Morgan fingerprint density at radius 3 is 1.94 bits per heavy atom. The Balaban J connectivity index is 0.000000202. The summed E-state index contributed by atoms with van der Waals surface area (Å²) in [6, 6.07) is 12.7. The molecule has 2 unspecified atom stereocenters. The van der Waals surface area contributed by atoms with Crippen molar-refractivity contribution in [1.29, 1.82) is 0 Å². The summed E-state index contributed by atoms with van der Waals surface area (Å²) in [5, 5.41) is 6.72. The SMILES string of the molecule is CC(C)COc1ccccc1OCC1CCCNC1.COc1cccc(F)c1OCC1CCCNC1. The van der Waals surface area contributed by atoms with Gasteiger partial charge in [-0.15, -0.1) is 0 Å². The second kappa shape index (κ2) is 15.6. The van der Waals surface area contributed by atoms with Gasteiger partial charge in [-0.1, -0.05) is 32.0 Å². The van der Waals surface area contributed by atoms with Crippen molar-refractivity contribution >= 4 is 0 Å². The quantitative estimate of drug-likeness (QED) is 0.459. The molecule has 2 fully saturated rings. The van der Waals surface area contributed by atoms with Crippen molar-refractivity contribution in [2.24, 2.45) is 17.8 Å². The van der Waals surface area contributed by atoms with E-state index < -0.39 is 0 Å². The van der Waals surface area contributed by atoms with Crippen LogP contribution in [0, 0.1) is 23.6 Å². The summed E-state index contributed by atoms with van der Waals surface area (Å²) in [5.41, 5.74) is 0. The highest BCUT2D eigenvalue weighted by Gasteiger charge is 2.17. The van der Waals surface area contributed by atoms with E-state index in [0.29, 0.717) is 30.1 Å². The summed E-state index contributed by atoms with van der Waals surface area (Å²) in [6.45, 7) is 10.6. The highest BCUT2D eigenvalue weighted by Crippen LogP contribution is 2.30. The number of nitrogens with one attached hydrogen (secondary N) is 2. The van der Waals surface area contributed by atoms with Crippen LogP contribution in [0.1, 0.15) is 39.5 Å². The molecule has 0 bridgehead atoms. The Morgan fingerprint density at radius 1 is 0.806 bits per heavy atom. The Bertz CT molecular complexity index is 883. The third-order valence-corrected chi connectivity index (χ3v) is 6.31. The zero-order valence-electron chi connectivity index (χ0n) is 22.1. The Labute approximate surface area is 215 Å². The zero-order chi connectivity index (χ0) is 25.6. The Kier molecular flexibility index (Phi) is 12.1. The minimum absolute atomic E-state index is 0.223. The minimum atomic E-state index is -0.367. The van der Waals surface area contributed by atoms with E-state index in [-0.39, 0.29) is 11.6 Å². The second-order valence-corrected chi connectivity index (χ2v) is 9.97. The summed E-state index contributed by atoms with van der Waals surface area (Å²) in [5.74, 6) is 3.63. The number of methoxy groups -OCH3 is 1. The average Bonchev–Trinajstić information content (AvgIpc) is 2.92. The molecule has 2 aromatic rings. The van der Waals surface area contributed by atoms with E-state index in [0.717, 1.165) is 63.7 Å². The average molecular weight is 503 g/mol. The molecular formula is C29H43FN2O4. The lowest BCUT2D eigenvalue weighted by Crippen LogP contribution is -2.33. The maximum atomic E-state index is 13.6. The van der Waals surface area contributed by atoms with Crippen molar-refractivity contribution in [3.8, 4) is 23.0 Å². The summed E-state index contributed by atoms with van der Waals surface area (Å²) >= 11 is 0. The van der Waals surface area contributed by atoms with E-state index in [4.69, 9.17) is 18.9 Å². The lowest BCUT2D eigenvalue weighted by molar-refractivity contribution is 0.201. The number of rotatable bonds is 10. The lowest BCUT2D eigenvalue weighted by Gasteiger charge is -2.23. The van der Waals surface area contributed by atoms with Crippen LogP contribution in [0.2, 0.25) is 0 Å².